The summed E-state index contributed by atoms with van der Waals surface area (Å²) < 4.78 is 44.6. The minimum atomic E-state index is -3.83. The van der Waals surface area contributed by atoms with E-state index in [9.17, 15) is 22.4 Å². The molecule has 2 fully saturated rings. The molecule has 1 saturated carbocycles. The number of piperidine rings is 1. The van der Waals surface area contributed by atoms with Crippen molar-refractivity contribution in [2.75, 3.05) is 27.2 Å². The van der Waals surface area contributed by atoms with E-state index in [1.807, 2.05) is 0 Å². The number of amides is 1. The zero-order valence-corrected chi connectivity index (χ0v) is 17.6. The fourth-order valence-electron chi connectivity index (χ4n) is 4.25. The van der Waals surface area contributed by atoms with Crippen LogP contribution in [-0.4, -0.2) is 62.8 Å². The highest BCUT2D eigenvalue weighted by Crippen LogP contribution is 2.35. The zero-order chi connectivity index (χ0) is 21.2. The Morgan fingerprint density at radius 3 is 2.59 bits per heavy atom. The molecule has 1 amide bonds. The summed E-state index contributed by atoms with van der Waals surface area (Å²) in [6.45, 7) is 0.161. The smallest absolute Gasteiger partial charge is 0.341 e. The molecule has 2 aliphatic rings. The number of sulfonamides is 1. The van der Waals surface area contributed by atoms with Crippen LogP contribution in [0, 0.1) is 11.7 Å². The van der Waals surface area contributed by atoms with Crippen LogP contribution in [-0.2, 0) is 19.6 Å². The van der Waals surface area contributed by atoms with Gasteiger partial charge in [-0.15, -0.1) is 0 Å². The van der Waals surface area contributed by atoms with Gasteiger partial charge in [-0.1, -0.05) is 12.8 Å². The highest BCUT2D eigenvalue weighted by molar-refractivity contribution is 7.89. The lowest BCUT2D eigenvalue weighted by molar-refractivity contribution is -0.140. The third kappa shape index (κ3) is 4.61. The van der Waals surface area contributed by atoms with Crippen LogP contribution in [0.4, 0.5) is 4.39 Å². The average molecular weight is 427 g/mol. The second-order valence-corrected chi connectivity index (χ2v) is 10.00. The maximum absolute atomic E-state index is 14.1. The van der Waals surface area contributed by atoms with Gasteiger partial charge < -0.3 is 9.64 Å². The molecule has 1 heterocycles. The van der Waals surface area contributed by atoms with Gasteiger partial charge in [-0.3, -0.25) is 4.79 Å². The van der Waals surface area contributed by atoms with E-state index >= 15 is 0 Å². The van der Waals surface area contributed by atoms with Crippen LogP contribution >= 0.6 is 0 Å². The third-order valence-corrected chi connectivity index (χ3v) is 7.64. The number of rotatable bonds is 5. The van der Waals surface area contributed by atoms with Crippen molar-refractivity contribution in [2.24, 2.45) is 5.92 Å². The number of halogens is 1. The highest BCUT2D eigenvalue weighted by atomic mass is 32.2. The topological polar surface area (TPSA) is 84.0 Å². The molecule has 2 atom stereocenters. The molecule has 0 radical (unpaired) electrons. The number of hydrogen-bond donors (Lipinski definition) is 0. The quantitative estimate of drug-likeness (QED) is 0.675. The predicted molar refractivity (Wildman–Crippen MR) is 104 cm³/mol. The summed E-state index contributed by atoms with van der Waals surface area (Å²) in [7, 11) is -1.15. The molecule has 0 unspecified atom stereocenters. The number of fused-ring (bicyclic) bond motifs is 1. The molecule has 1 aromatic rings. The van der Waals surface area contributed by atoms with Crippen LogP contribution in [0.2, 0.25) is 0 Å². The summed E-state index contributed by atoms with van der Waals surface area (Å²) in [5.41, 5.74) is -0.505. The lowest BCUT2D eigenvalue weighted by atomic mass is 9.78. The number of nitrogens with zero attached hydrogens (tertiary/aromatic N) is 2. The molecular weight excluding hydrogens is 399 g/mol. The minimum absolute atomic E-state index is 0.189. The maximum atomic E-state index is 14.1. The van der Waals surface area contributed by atoms with Gasteiger partial charge in [-0.25, -0.2) is 21.9 Å². The molecule has 0 N–H and O–H groups in total. The first-order valence-corrected chi connectivity index (χ1v) is 11.3. The van der Waals surface area contributed by atoms with Crippen LogP contribution in [0.15, 0.2) is 23.1 Å². The van der Waals surface area contributed by atoms with Gasteiger partial charge in [-0.05, 0) is 49.8 Å². The summed E-state index contributed by atoms with van der Waals surface area (Å²) >= 11 is 0. The molecule has 1 aliphatic heterocycles. The molecule has 3 rings (SSSR count). The monoisotopic (exact) mass is 426 g/mol. The van der Waals surface area contributed by atoms with Gasteiger partial charge in [0.15, 0.2) is 6.61 Å². The number of carbonyl (C=O) groups is 2. The first-order valence-electron chi connectivity index (χ1n) is 9.90. The van der Waals surface area contributed by atoms with Gasteiger partial charge in [0.2, 0.25) is 10.0 Å². The lowest BCUT2D eigenvalue weighted by Gasteiger charge is -2.44. The summed E-state index contributed by atoms with van der Waals surface area (Å²) in [5.74, 6) is -1.73. The number of likely N-dealkylation sites (tertiary alicyclic amines) is 1. The second kappa shape index (κ2) is 8.79. The van der Waals surface area contributed by atoms with Gasteiger partial charge >= 0.3 is 5.97 Å². The molecule has 0 spiro atoms. The Bertz CT molecular complexity index is 885. The molecule has 29 heavy (non-hydrogen) atoms. The number of hydrogen-bond acceptors (Lipinski definition) is 5. The van der Waals surface area contributed by atoms with Crippen LogP contribution < -0.4 is 0 Å². The molecule has 160 valence electrons. The molecule has 1 saturated heterocycles. The van der Waals surface area contributed by atoms with E-state index in [0.717, 1.165) is 54.6 Å². The summed E-state index contributed by atoms with van der Waals surface area (Å²) in [4.78, 5) is 26.6. The Morgan fingerprint density at radius 2 is 1.86 bits per heavy atom. The van der Waals surface area contributed by atoms with Crippen molar-refractivity contribution in [1.82, 2.24) is 9.21 Å². The number of benzene rings is 1. The Labute approximate surface area is 170 Å². The van der Waals surface area contributed by atoms with E-state index in [1.54, 1.807) is 4.90 Å². The van der Waals surface area contributed by atoms with Crippen molar-refractivity contribution in [3.05, 3.63) is 29.6 Å². The van der Waals surface area contributed by atoms with E-state index in [1.165, 1.54) is 20.5 Å². The Balaban J connectivity index is 1.68. The molecule has 1 aromatic carbocycles. The van der Waals surface area contributed by atoms with Gasteiger partial charge in [0.05, 0.1) is 10.5 Å². The average Bonchev–Trinajstić information content (AvgIpc) is 2.71. The minimum Gasteiger partial charge on any atom is -0.452 e. The third-order valence-electron chi connectivity index (χ3n) is 5.83. The van der Waals surface area contributed by atoms with E-state index in [-0.39, 0.29) is 16.8 Å². The predicted octanol–water partition coefficient (Wildman–Crippen LogP) is 2.41. The summed E-state index contributed by atoms with van der Waals surface area (Å²) in [6, 6.07) is 3.12. The highest BCUT2D eigenvalue weighted by Gasteiger charge is 2.36. The summed E-state index contributed by atoms with van der Waals surface area (Å²) in [6.07, 6.45) is 6.40. The van der Waals surface area contributed by atoms with E-state index in [4.69, 9.17) is 4.74 Å². The fraction of sp³-hybridized carbons (Fsp3) is 0.600. The lowest BCUT2D eigenvalue weighted by Crippen LogP contribution is -2.50. The molecule has 9 heteroatoms. The molecule has 1 aliphatic carbocycles. The molecule has 0 aromatic heterocycles. The van der Waals surface area contributed by atoms with E-state index < -0.39 is 34.0 Å². The standard InChI is InChI=1S/C20H27FN2O5S/c1-22(2)29(26,27)15-9-10-17(21)16(12-15)20(25)28-13-19(24)23-11-5-7-14-6-3-4-8-18(14)23/h9-10,12,14,18H,3-8,11,13H2,1-2H3/t14-,18-/m1/s1. The van der Waals surface area contributed by atoms with Crippen molar-refractivity contribution >= 4 is 21.9 Å². The second-order valence-electron chi connectivity index (χ2n) is 7.85. The summed E-state index contributed by atoms with van der Waals surface area (Å²) in [5, 5.41) is 0. The van der Waals surface area contributed by atoms with Crippen molar-refractivity contribution in [2.45, 2.75) is 49.5 Å². The van der Waals surface area contributed by atoms with Crippen molar-refractivity contribution < 1.29 is 27.1 Å². The SMILES string of the molecule is CN(C)S(=O)(=O)c1ccc(F)c(C(=O)OCC(=O)N2CCC[C@H]3CCCC[C@H]32)c1. The molecular formula is C20H27FN2O5S. The molecule has 0 bridgehead atoms. The van der Waals surface area contributed by atoms with Crippen LogP contribution in [0.5, 0.6) is 0 Å². The van der Waals surface area contributed by atoms with Crippen molar-refractivity contribution in [3.8, 4) is 0 Å². The van der Waals surface area contributed by atoms with Gasteiger partial charge in [0.25, 0.3) is 5.91 Å². The normalized spacial score (nSPS) is 22.3. The number of esters is 1. The zero-order valence-electron chi connectivity index (χ0n) is 16.8. The van der Waals surface area contributed by atoms with Gasteiger partial charge in [0, 0.05) is 26.7 Å². The maximum Gasteiger partial charge on any atom is 0.341 e. The van der Waals surface area contributed by atoms with Crippen LogP contribution in [0.1, 0.15) is 48.9 Å². The van der Waals surface area contributed by atoms with Crippen molar-refractivity contribution in [3.63, 3.8) is 0 Å². The Kier molecular flexibility index (Phi) is 6.58. The Hall–Kier alpha value is -2.00. The van der Waals surface area contributed by atoms with Crippen molar-refractivity contribution in [1.29, 1.82) is 0 Å². The first-order chi connectivity index (χ1) is 13.7. The number of ether oxygens (including phenoxy) is 1. The van der Waals surface area contributed by atoms with E-state index in [2.05, 4.69) is 0 Å². The first kappa shape index (κ1) is 21.7. The van der Waals surface area contributed by atoms with Crippen LogP contribution in [0.25, 0.3) is 0 Å². The Morgan fingerprint density at radius 1 is 1.17 bits per heavy atom. The fourth-order valence-corrected chi connectivity index (χ4v) is 5.18. The van der Waals surface area contributed by atoms with Gasteiger partial charge in [0.1, 0.15) is 5.82 Å². The van der Waals surface area contributed by atoms with Gasteiger partial charge in [-0.2, -0.15) is 0 Å². The number of carbonyl (C=O) groups excluding carboxylic acids is 2. The molecule has 7 nitrogen and oxygen atoms in total. The largest absolute Gasteiger partial charge is 0.452 e. The van der Waals surface area contributed by atoms with Crippen LogP contribution in [0.3, 0.4) is 0 Å². The van der Waals surface area contributed by atoms with E-state index in [0.29, 0.717) is 12.5 Å².